The third kappa shape index (κ3) is 4.22. The molecule has 0 saturated carbocycles. The summed E-state index contributed by atoms with van der Waals surface area (Å²) in [5, 5.41) is 8.03. The summed E-state index contributed by atoms with van der Waals surface area (Å²) in [6.07, 6.45) is 0. The van der Waals surface area contributed by atoms with Crippen LogP contribution in [0, 0.1) is 13.8 Å². The number of benzene rings is 3. The minimum atomic E-state index is -0.437. The van der Waals surface area contributed by atoms with Crippen LogP contribution in [0.4, 0.5) is 5.69 Å². The lowest BCUT2D eigenvalue weighted by Gasteiger charge is -2.07. The molecule has 1 amide bonds. The Morgan fingerprint density at radius 2 is 1.67 bits per heavy atom. The zero-order valence-electron chi connectivity index (χ0n) is 16.4. The first-order chi connectivity index (χ1) is 14.4. The Labute approximate surface area is 184 Å². The van der Waals surface area contributed by atoms with Gasteiger partial charge in [-0.25, -0.2) is 9.67 Å². The van der Waals surface area contributed by atoms with Crippen molar-refractivity contribution >= 4 is 34.8 Å². The molecule has 0 radical (unpaired) electrons. The van der Waals surface area contributed by atoms with Gasteiger partial charge in [-0.05, 0) is 50.2 Å². The van der Waals surface area contributed by atoms with Gasteiger partial charge in [0, 0.05) is 11.3 Å². The summed E-state index contributed by atoms with van der Waals surface area (Å²) in [4.78, 5) is 17.4. The minimum absolute atomic E-state index is 0.0538. The van der Waals surface area contributed by atoms with Gasteiger partial charge in [0.05, 0.1) is 15.7 Å². The van der Waals surface area contributed by atoms with Gasteiger partial charge < -0.3 is 5.32 Å². The number of amides is 1. The Morgan fingerprint density at radius 3 is 2.37 bits per heavy atom. The lowest BCUT2D eigenvalue weighted by atomic mass is 10.1. The van der Waals surface area contributed by atoms with Gasteiger partial charge in [-0.15, -0.1) is 5.10 Å². The monoisotopic (exact) mass is 436 g/mol. The smallest absolute Gasteiger partial charge is 0.295 e. The summed E-state index contributed by atoms with van der Waals surface area (Å²) in [5.74, 6) is 0.202. The predicted molar refractivity (Wildman–Crippen MR) is 121 cm³/mol. The number of hydrogen-bond donors (Lipinski definition) is 1. The molecule has 3 aromatic carbocycles. The van der Waals surface area contributed by atoms with E-state index in [0.717, 1.165) is 22.4 Å². The molecule has 0 spiro atoms. The van der Waals surface area contributed by atoms with E-state index < -0.39 is 5.91 Å². The molecule has 0 aliphatic rings. The average molecular weight is 437 g/mol. The molecule has 0 bridgehead atoms. The van der Waals surface area contributed by atoms with E-state index >= 15 is 0 Å². The van der Waals surface area contributed by atoms with Crippen molar-refractivity contribution in [1.29, 1.82) is 0 Å². The molecular formula is C23H18Cl2N4O. The second-order valence-electron chi connectivity index (χ2n) is 6.96. The van der Waals surface area contributed by atoms with Gasteiger partial charge >= 0.3 is 0 Å². The molecule has 1 heterocycles. The number of hydrogen-bond acceptors (Lipinski definition) is 3. The minimum Gasteiger partial charge on any atom is -0.319 e. The average Bonchev–Trinajstić information content (AvgIpc) is 3.17. The van der Waals surface area contributed by atoms with Crippen LogP contribution in [0.2, 0.25) is 10.0 Å². The lowest BCUT2D eigenvalue weighted by Crippen LogP contribution is -2.14. The van der Waals surface area contributed by atoms with E-state index in [1.165, 1.54) is 0 Å². The van der Waals surface area contributed by atoms with Crippen LogP contribution in [0.1, 0.15) is 21.7 Å². The Morgan fingerprint density at radius 1 is 0.900 bits per heavy atom. The molecule has 1 aromatic heterocycles. The fourth-order valence-corrected chi connectivity index (χ4v) is 3.30. The summed E-state index contributed by atoms with van der Waals surface area (Å²) < 4.78 is 1.68. The van der Waals surface area contributed by atoms with Crippen LogP contribution in [0.15, 0.2) is 66.7 Å². The fourth-order valence-electron chi connectivity index (χ4n) is 3.01. The number of anilines is 1. The number of halogens is 2. The van der Waals surface area contributed by atoms with E-state index in [1.807, 2.05) is 62.4 Å². The molecule has 0 fully saturated rings. The standard InChI is InChI=1S/C23H18Cl2N4O/c1-14-6-9-18(10-7-14)29-22(16-5-3-4-15(2)12-16)27-21(28-29)23(30)26-17-8-11-19(24)20(25)13-17/h3-13H,1-2H3,(H,26,30). The molecule has 0 atom stereocenters. The van der Waals surface area contributed by atoms with Crippen LogP contribution in [-0.2, 0) is 0 Å². The predicted octanol–water partition coefficient (Wildman–Crippen LogP) is 6.11. The zero-order valence-corrected chi connectivity index (χ0v) is 17.9. The van der Waals surface area contributed by atoms with Crippen LogP contribution in [-0.4, -0.2) is 20.7 Å². The third-order valence-electron chi connectivity index (χ3n) is 4.54. The summed E-state index contributed by atoms with van der Waals surface area (Å²) in [6.45, 7) is 4.02. The van der Waals surface area contributed by atoms with Crippen LogP contribution in [0.25, 0.3) is 17.1 Å². The molecule has 0 aliphatic carbocycles. The molecule has 1 N–H and O–H groups in total. The van der Waals surface area contributed by atoms with Crippen molar-refractivity contribution in [3.8, 4) is 17.1 Å². The third-order valence-corrected chi connectivity index (χ3v) is 5.28. The van der Waals surface area contributed by atoms with Crippen LogP contribution in [0.3, 0.4) is 0 Å². The van der Waals surface area contributed by atoms with Crippen LogP contribution >= 0.6 is 23.2 Å². The normalized spacial score (nSPS) is 10.8. The van der Waals surface area contributed by atoms with Crippen molar-refractivity contribution in [2.45, 2.75) is 13.8 Å². The quantitative estimate of drug-likeness (QED) is 0.419. The molecule has 5 nitrogen and oxygen atoms in total. The lowest BCUT2D eigenvalue weighted by molar-refractivity contribution is 0.101. The van der Waals surface area contributed by atoms with E-state index in [0.29, 0.717) is 21.6 Å². The first-order valence-corrected chi connectivity index (χ1v) is 10.0. The van der Waals surface area contributed by atoms with E-state index in [4.69, 9.17) is 23.2 Å². The fraction of sp³-hybridized carbons (Fsp3) is 0.0870. The molecule has 150 valence electrons. The number of nitrogens with zero attached hydrogens (tertiary/aromatic N) is 3. The number of nitrogens with one attached hydrogen (secondary N) is 1. The van der Waals surface area contributed by atoms with Crippen molar-refractivity contribution in [2.24, 2.45) is 0 Å². The van der Waals surface area contributed by atoms with Crippen molar-refractivity contribution in [3.63, 3.8) is 0 Å². The second-order valence-corrected chi connectivity index (χ2v) is 7.77. The first-order valence-electron chi connectivity index (χ1n) is 9.28. The van der Waals surface area contributed by atoms with E-state index in [-0.39, 0.29) is 5.82 Å². The van der Waals surface area contributed by atoms with Gasteiger partial charge in [0.25, 0.3) is 5.91 Å². The van der Waals surface area contributed by atoms with E-state index in [1.54, 1.807) is 22.9 Å². The van der Waals surface area contributed by atoms with Crippen molar-refractivity contribution in [3.05, 3.63) is 93.7 Å². The van der Waals surface area contributed by atoms with Gasteiger partial charge in [0.2, 0.25) is 5.82 Å². The SMILES string of the molecule is Cc1ccc(-n2nc(C(=O)Nc3ccc(Cl)c(Cl)c3)nc2-c2cccc(C)c2)cc1. The maximum Gasteiger partial charge on any atom is 0.295 e. The highest BCUT2D eigenvalue weighted by atomic mass is 35.5. The summed E-state index contributed by atoms with van der Waals surface area (Å²) in [6, 6.07) is 20.7. The van der Waals surface area contributed by atoms with Gasteiger partial charge in [0.15, 0.2) is 5.82 Å². The molecule has 7 heteroatoms. The largest absolute Gasteiger partial charge is 0.319 e. The maximum atomic E-state index is 12.8. The van der Waals surface area contributed by atoms with Gasteiger partial charge in [-0.1, -0.05) is 64.7 Å². The number of aryl methyl sites for hydroxylation is 2. The van der Waals surface area contributed by atoms with Gasteiger partial charge in [0.1, 0.15) is 0 Å². The first kappa shape index (κ1) is 20.1. The van der Waals surface area contributed by atoms with Crippen molar-refractivity contribution < 1.29 is 4.79 Å². The van der Waals surface area contributed by atoms with Gasteiger partial charge in [-0.2, -0.15) is 0 Å². The maximum absolute atomic E-state index is 12.8. The highest BCUT2D eigenvalue weighted by Crippen LogP contribution is 2.26. The molecule has 4 rings (SSSR count). The number of rotatable bonds is 4. The topological polar surface area (TPSA) is 59.8 Å². The van der Waals surface area contributed by atoms with Gasteiger partial charge in [-0.3, -0.25) is 4.79 Å². The van der Waals surface area contributed by atoms with Crippen molar-refractivity contribution in [1.82, 2.24) is 14.8 Å². The molecule has 4 aromatic rings. The highest BCUT2D eigenvalue weighted by Gasteiger charge is 2.19. The molecule has 0 aliphatic heterocycles. The number of carbonyl (C=O) groups is 1. The molecule has 0 saturated heterocycles. The van der Waals surface area contributed by atoms with Crippen LogP contribution < -0.4 is 5.32 Å². The summed E-state index contributed by atoms with van der Waals surface area (Å²) in [7, 11) is 0. The highest BCUT2D eigenvalue weighted by molar-refractivity contribution is 6.42. The van der Waals surface area contributed by atoms with E-state index in [2.05, 4.69) is 15.4 Å². The zero-order chi connectivity index (χ0) is 21.3. The summed E-state index contributed by atoms with van der Waals surface area (Å²) in [5.41, 5.74) is 4.43. The number of carbonyl (C=O) groups excluding carboxylic acids is 1. The molecular weight excluding hydrogens is 419 g/mol. The van der Waals surface area contributed by atoms with Crippen LogP contribution in [0.5, 0.6) is 0 Å². The Bertz CT molecular complexity index is 1230. The Hall–Kier alpha value is -3.15. The molecule has 30 heavy (non-hydrogen) atoms. The van der Waals surface area contributed by atoms with Crippen molar-refractivity contribution in [2.75, 3.05) is 5.32 Å². The van der Waals surface area contributed by atoms with E-state index in [9.17, 15) is 4.79 Å². The summed E-state index contributed by atoms with van der Waals surface area (Å²) >= 11 is 12.0. The Balaban J connectivity index is 1.75. The number of aromatic nitrogens is 3. The second kappa shape index (κ2) is 8.30. The Kier molecular flexibility index (Phi) is 5.57. The molecule has 0 unspecified atom stereocenters.